The summed E-state index contributed by atoms with van der Waals surface area (Å²) in [5.41, 5.74) is 3.29. The summed E-state index contributed by atoms with van der Waals surface area (Å²) in [6.07, 6.45) is 3.24. The number of fused-ring (bicyclic) bond motifs is 2. The minimum atomic E-state index is -0.760. The van der Waals surface area contributed by atoms with Crippen molar-refractivity contribution in [1.82, 2.24) is 20.6 Å². The van der Waals surface area contributed by atoms with Crippen molar-refractivity contribution in [3.8, 4) is 23.0 Å². The molecule has 3 N–H and O–H groups in total. The van der Waals surface area contributed by atoms with E-state index in [0.29, 0.717) is 76.0 Å². The van der Waals surface area contributed by atoms with Crippen LogP contribution in [0, 0.1) is 0 Å². The molecule has 14 heteroatoms. The molecule has 8 aromatic rings. The van der Waals surface area contributed by atoms with Gasteiger partial charge >= 0.3 is 0 Å². The predicted molar refractivity (Wildman–Crippen MR) is 248 cm³/mol. The molecule has 2 heterocycles. The maximum Gasteiger partial charge on any atom is 0.258 e. The molecule has 318 valence electrons. The fraction of sp³-hybridized carbons (Fsp3) is 0.102. The number of nitrogens with zero attached hydrogens (tertiary/aromatic N) is 2. The fourth-order valence-electron chi connectivity index (χ4n) is 6.85. The van der Waals surface area contributed by atoms with Crippen LogP contribution >= 0.6 is 46.4 Å². The Morgan fingerprint density at radius 1 is 0.540 bits per heavy atom. The second kappa shape index (κ2) is 21.0. The Bertz CT molecular complexity index is 2870. The van der Waals surface area contributed by atoms with Gasteiger partial charge < -0.3 is 30.0 Å². The molecule has 0 radical (unpaired) electrons. The van der Waals surface area contributed by atoms with E-state index in [0.717, 1.165) is 5.39 Å². The highest BCUT2D eigenvalue weighted by Crippen LogP contribution is 2.42. The summed E-state index contributed by atoms with van der Waals surface area (Å²) >= 11 is 26.0. The van der Waals surface area contributed by atoms with Crippen LogP contribution in [0.3, 0.4) is 0 Å². The van der Waals surface area contributed by atoms with E-state index >= 15 is 0 Å². The third-order valence-corrected chi connectivity index (χ3v) is 11.1. The number of methoxy groups -OCH3 is 1. The van der Waals surface area contributed by atoms with Crippen molar-refractivity contribution < 1.29 is 28.9 Å². The number of rotatable bonds is 13. The Morgan fingerprint density at radius 3 is 1.46 bits per heavy atom. The van der Waals surface area contributed by atoms with Crippen LogP contribution in [0.15, 0.2) is 158 Å². The number of para-hydroxylation sites is 2. The van der Waals surface area contributed by atoms with E-state index in [4.69, 9.17) is 60.6 Å². The lowest BCUT2D eigenvalue weighted by Gasteiger charge is -2.24. The molecular weight excluding hydrogens is 882 g/mol. The van der Waals surface area contributed by atoms with E-state index in [1.807, 2.05) is 66.7 Å². The molecule has 2 amide bonds. The van der Waals surface area contributed by atoms with Gasteiger partial charge in [0.05, 0.1) is 29.2 Å². The molecule has 0 spiro atoms. The number of aromatic nitrogens is 2. The minimum Gasteiger partial charge on any atom is -0.505 e. The predicted octanol–water partition coefficient (Wildman–Crippen LogP) is 11.4. The van der Waals surface area contributed by atoms with Crippen molar-refractivity contribution in [1.29, 1.82) is 0 Å². The summed E-state index contributed by atoms with van der Waals surface area (Å²) in [7, 11) is 1.56. The molecule has 8 rings (SSSR count). The number of hydrogen-bond acceptors (Lipinski definition) is 8. The lowest BCUT2D eigenvalue weighted by atomic mass is 9.96. The van der Waals surface area contributed by atoms with Gasteiger partial charge in [-0.15, -0.1) is 0 Å². The minimum absolute atomic E-state index is 0.0748. The molecule has 0 aliphatic heterocycles. The molecule has 0 bridgehead atoms. The lowest BCUT2D eigenvalue weighted by Crippen LogP contribution is -2.33. The topological polar surface area (TPSA) is 132 Å². The molecule has 2 aromatic heterocycles. The van der Waals surface area contributed by atoms with Gasteiger partial charge in [-0.05, 0) is 83.9 Å². The second-order valence-electron chi connectivity index (χ2n) is 13.8. The number of nitrogens with one attached hydrogen (secondary N) is 2. The Balaban J connectivity index is 0.000000189. The standard InChI is InChI=1S/C25H20Cl2N2O3.C24H18Cl2N2O3/c1-31-25-19(14-21(27)18-11-7-13-28-24(18)25)23(17-10-5-6-12-20(17)26)29-22(30)15-32-16-8-3-2-4-9-16;25-19-11-5-4-9-16(19)22(28-21(29)14-31-15-7-2-1-3-8-15)18-13-20(26)17-10-6-12-27-23(17)24(18)30/h2-14,23H,15H2,1H3,(H,29,30);1-13,22,30H,14H2,(H,28,29)/t;22-/m.1/s1. The van der Waals surface area contributed by atoms with Gasteiger partial charge in [0, 0.05) is 44.3 Å². The molecular formula is C49H38Cl4N4O6. The quantitative estimate of drug-likeness (QED) is 0.104. The average molecular weight is 921 g/mol. The molecule has 0 saturated carbocycles. The van der Waals surface area contributed by atoms with E-state index in [9.17, 15) is 14.7 Å². The van der Waals surface area contributed by atoms with Crippen molar-refractivity contribution >= 4 is 80.0 Å². The maximum absolute atomic E-state index is 12.9. The molecule has 6 aromatic carbocycles. The molecule has 1 unspecified atom stereocenters. The molecule has 63 heavy (non-hydrogen) atoms. The Morgan fingerprint density at radius 2 is 0.968 bits per heavy atom. The monoisotopic (exact) mass is 918 g/mol. The Hall–Kier alpha value is -6.56. The summed E-state index contributed by atoms with van der Waals surface area (Å²) in [6.45, 7) is -0.363. The Labute approximate surface area is 383 Å². The van der Waals surface area contributed by atoms with Crippen LogP contribution in [0.2, 0.25) is 20.1 Å². The number of halogens is 4. The van der Waals surface area contributed by atoms with Crippen molar-refractivity contribution in [2.75, 3.05) is 20.3 Å². The van der Waals surface area contributed by atoms with Crippen LogP contribution in [-0.4, -0.2) is 47.2 Å². The highest BCUT2D eigenvalue weighted by atomic mass is 35.5. The van der Waals surface area contributed by atoms with Gasteiger partial charge in [0.25, 0.3) is 11.8 Å². The summed E-state index contributed by atoms with van der Waals surface area (Å²) in [6, 6.07) is 41.7. The number of carbonyl (C=O) groups excluding carboxylic acids is 2. The van der Waals surface area contributed by atoms with Crippen LogP contribution in [-0.2, 0) is 9.59 Å². The first kappa shape index (κ1) is 44.5. The second-order valence-corrected chi connectivity index (χ2v) is 15.5. The zero-order chi connectivity index (χ0) is 44.3. The average Bonchev–Trinajstić information content (AvgIpc) is 3.31. The molecule has 10 nitrogen and oxygen atoms in total. The van der Waals surface area contributed by atoms with E-state index in [1.54, 1.807) is 98.4 Å². The van der Waals surface area contributed by atoms with Crippen molar-refractivity contribution in [3.05, 3.63) is 200 Å². The lowest BCUT2D eigenvalue weighted by molar-refractivity contribution is -0.124. The van der Waals surface area contributed by atoms with E-state index in [-0.39, 0.29) is 30.8 Å². The number of phenolic OH excluding ortho intramolecular Hbond substituents is 1. The summed E-state index contributed by atoms with van der Waals surface area (Å²) in [5.74, 6) is 0.914. The maximum atomic E-state index is 12.9. The van der Waals surface area contributed by atoms with Crippen molar-refractivity contribution in [3.63, 3.8) is 0 Å². The van der Waals surface area contributed by atoms with Gasteiger partial charge in [-0.1, -0.05) is 119 Å². The molecule has 2 atom stereocenters. The zero-order valence-electron chi connectivity index (χ0n) is 33.5. The van der Waals surface area contributed by atoms with Crippen molar-refractivity contribution in [2.45, 2.75) is 12.1 Å². The number of benzene rings is 6. The van der Waals surface area contributed by atoms with E-state index in [2.05, 4.69) is 20.6 Å². The van der Waals surface area contributed by atoms with Crippen LogP contribution in [0.5, 0.6) is 23.0 Å². The van der Waals surface area contributed by atoms with Crippen molar-refractivity contribution in [2.24, 2.45) is 0 Å². The highest BCUT2D eigenvalue weighted by Gasteiger charge is 2.27. The van der Waals surface area contributed by atoms with Gasteiger partial charge in [0.1, 0.15) is 28.3 Å². The SMILES string of the molecule is COc1c(C(NC(=O)COc2ccccc2)c2ccccc2Cl)cc(Cl)c2cccnc12.O=C(COc1ccccc1)N[C@H](c1ccccc1Cl)c1cc(Cl)c2cccnc2c1O. The number of hydrogen-bond donors (Lipinski definition) is 3. The number of ether oxygens (including phenoxy) is 3. The third-order valence-electron chi connectivity index (χ3n) is 9.76. The molecule has 0 fully saturated rings. The van der Waals surface area contributed by atoms with Gasteiger partial charge in [0.2, 0.25) is 0 Å². The van der Waals surface area contributed by atoms with Gasteiger partial charge in [0.15, 0.2) is 19.0 Å². The third kappa shape index (κ3) is 10.7. The first-order valence-electron chi connectivity index (χ1n) is 19.4. The zero-order valence-corrected chi connectivity index (χ0v) is 36.5. The number of aromatic hydroxyl groups is 1. The van der Waals surface area contributed by atoms with Crippen LogP contribution in [0.4, 0.5) is 0 Å². The van der Waals surface area contributed by atoms with Gasteiger partial charge in [-0.25, -0.2) is 0 Å². The largest absolute Gasteiger partial charge is 0.505 e. The van der Waals surface area contributed by atoms with Gasteiger partial charge in [-0.3, -0.25) is 19.6 Å². The van der Waals surface area contributed by atoms with Crippen LogP contribution < -0.4 is 24.8 Å². The molecule has 0 aliphatic rings. The number of amides is 2. The molecule has 0 aliphatic carbocycles. The number of phenols is 1. The highest BCUT2D eigenvalue weighted by molar-refractivity contribution is 6.36. The normalized spacial score (nSPS) is 11.8. The van der Waals surface area contributed by atoms with E-state index in [1.165, 1.54) is 0 Å². The fourth-order valence-corrected chi connectivity index (χ4v) is 7.88. The number of carbonyl (C=O) groups is 2. The Kier molecular flexibility index (Phi) is 14.8. The number of pyridine rings is 2. The summed E-state index contributed by atoms with van der Waals surface area (Å²) < 4.78 is 16.9. The van der Waals surface area contributed by atoms with Crippen LogP contribution in [0.25, 0.3) is 21.8 Å². The first-order chi connectivity index (χ1) is 30.6. The summed E-state index contributed by atoms with van der Waals surface area (Å²) in [5, 5.41) is 20.1. The van der Waals surface area contributed by atoms with Gasteiger partial charge in [-0.2, -0.15) is 0 Å². The van der Waals surface area contributed by atoms with E-state index < -0.39 is 12.1 Å². The smallest absolute Gasteiger partial charge is 0.258 e. The van der Waals surface area contributed by atoms with Crippen LogP contribution in [0.1, 0.15) is 34.3 Å². The summed E-state index contributed by atoms with van der Waals surface area (Å²) in [4.78, 5) is 34.3. The first-order valence-corrected chi connectivity index (χ1v) is 20.9. The molecule has 0 saturated heterocycles.